The Morgan fingerprint density at radius 1 is 1.33 bits per heavy atom. The van der Waals surface area contributed by atoms with E-state index in [0.717, 1.165) is 12.0 Å². The van der Waals surface area contributed by atoms with Gasteiger partial charge in [-0.25, -0.2) is 0 Å². The molecular formula is C12H24N2S. The average Bonchev–Trinajstić information content (AvgIpc) is 2.95. The van der Waals surface area contributed by atoms with E-state index in [2.05, 4.69) is 28.9 Å². The molecule has 1 aliphatic heterocycles. The van der Waals surface area contributed by atoms with Gasteiger partial charge in [-0.15, -0.1) is 0 Å². The molecular weight excluding hydrogens is 204 g/mol. The highest BCUT2D eigenvalue weighted by molar-refractivity contribution is 7.99. The minimum Gasteiger partial charge on any atom is -0.315 e. The largest absolute Gasteiger partial charge is 0.315 e. The number of thioether (sulfide) groups is 1. The maximum absolute atomic E-state index is 3.62. The van der Waals surface area contributed by atoms with Gasteiger partial charge in [0.2, 0.25) is 0 Å². The van der Waals surface area contributed by atoms with Crippen LogP contribution in [0.5, 0.6) is 0 Å². The minimum absolute atomic E-state index is 0.929. The zero-order valence-corrected chi connectivity index (χ0v) is 10.7. The highest BCUT2D eigenvalue weighted by Gasteiger charge is 2.27. The third kappa shape index (κ3) is 3.97. The van der Waals surface area contributed by atoms with Crippen molar-refractivity contribution in [2.24, 2.45) is 5.92 Å². The number of nitrogens with one attached hydrogen (secondary N) is 1. The third-order valence-electron chi connectivity index (χ3n) is 3.50. The summed E-state index contributed by atoms with van der Waals surface area (Å²) in [6, 6.07) is 0.929. The topological polar surface area (TPSA) is 15.3 Å². The average molecular weight is 228 g/mol. The molecule has 0 bridgehead atoms. The minimum atomic E-state index is 0.929. The van der Waals surface area contributed by atoms with Crippen molar-refractivity contribution in [2.75, 3.05) is 37.7 Å². The molecule has 1 heterocycles. The molecule has 1 unspecified atom stereocenters. The molecule has 0 radical (unpaired) electrons. The summed E-state index contributed by atoms with van der Waals surface area (Å²) in [6.45, 7) is 7.19. The Kier molecular flexibility index (Phi) is 4.79. The van der Waals surface area contributed by atoms with Crippen molar-refractivity contribution >= 4 is 11.8 Å². The molecule has 1 atom stereocenters. The molecule has 2 rings (SSSR count). The zero-order chi connectivity index (χ0) is 10.5. The molecule has 88 valence electrons. The smallest absolute Gasteiger partial charge is 0.0110 e. The maximum atomic E-state index is 3.62. The fraction of sp³-hybridized carbons (Fsp3) is 1.00. The maximum Gasteiger partial charge on any atom is 0.0110 e. The fourth-order valence-corrected chi connectivity index (χ4v) is 3.60. The third-order valence-corrected chi connectivity index (χ3v) is 4.73. The summed E-state index contributed by atoms with van der Waals surface area (Å²) < 4.78 is 0. The first-order valence-corrected chi connectivity index (χ1v) is 7.58. The summed E-state index contributed by atoms with van der Waals surface area (Å²) in [5.74, 6) is 3.72. The van der Waals surface area contributed by atoms with E-state index in [1.54, 1.807) is 0 Å². The van der Waals surface area contributed by atoms with Crippen molar-refractivity contribution in [3.63, 3.8) is 0 Å². The lowest BCUT2D eigenvalue weighted by atomic mass is 10.1. The van der Waals surface area contributed by atoms with Crippen LogP contribution in [-0.4, -0.2) is 48.6 Å². The van der Waals surface area contributed by atoms with E-state index in [0.29, 0.717) is 0 Å². The van der Waals surface area contributed by atoms with Crippen molar-refractivity contribution in [2.45, 2.75) is 32.2 Å². The molecule has 0 amide bonds. The molecule has 0 aromatic rings. The van der Waals surface area contributed by atoms with Crippen molar-refractivity contribution in [1.29, 1.82) is 0 Å². The predicted octanol–water partition coefficient (Wildman–Crippen LogP) is 1.81. The van der Waals surface area contributed by atoms with E-state index in [9.17, 15) is 0 Å². The predicted molar refractivity (Wildman–Crippen MR) is 68.6 cm³/mol. The number of nitrogens with zero attached hydrogens (tertiary/aromatic N) is 1. The van der Waals surface area contributed by atoms with Crippen molar-refractivity contribution in [1.82, 2.24) is 10.2 Å². The number of hydrogen-bond acceptors (Lipinski definition) is 3. The van der Waals surface area contributed by atoms with Crippen LogP contribution in [0, 0.1) is 5.92 Å². The van der Waals surface area contributed by atoms with E-state index in [1.165, 1.54) is 56.9 Å². The van der Waals surface area contributed by atoms with Crippen LogP contribution in [0.1, 0.15) is 26.2 Å². The van der Waals surface area contributed by atoms with Gasteiger partial charge in [-0.1, -0.05) is 6.92 Å². The van der Waals surface area contributed by atoms with E-state index in [1.807, 2.05) is 0 Å². The van der Waals surface area contributed by atoms with Gasteiger partial charge >= 0.3 is 0 Å². The Balaban J connectivity index is 1.49. The van der Waals surface area contributed by atoms with Crippen LogP contribution in [-0.2, 0) is 0 Å². The highest BCUT2D eigenvalue weighted by Crippen LogP contribution is 2.26. The lowest BCUT2D eigenvalue weighted by Gasteiger charge is -2.20. The molecule has 1 aliphatic carbocycles. The molecule has 2 aliphatic rings. The van der Waals surface area contributed by atoms with Gasteiger partial charge in [-0.3, -0.25) is 4.90 Å². The van der Waals surface area contributed by atoms with Crippen LogP contribution >= 0.6 is 11.8 Å². The quantitative estimate of drug-likeness (QED) is 0.669. The fourth-order valence-electron chi connectivity index (χ4n) is 2.31. The standard InChI is InChI=1S/C12H24N2S/c1-2-14(12-3-4-12)7-6-13-9-11-5-8-15-10-11/h11-13H,2-10H2,1H3. The van der Waals surface area contributed by atoms with Crippen molar-refractivity contribution < 1.29 is 0 Å². The molecule has 2 nitrogen and oxygen atoms in total. The monoisotopic (exact) mass is 228 g/mol. The molecule has 1 N–H and O–H groups in total. The summed E-state index contributed by atoms with van der Waals surface area (Å²) >= 11 is 2.12. The molecule has 0 aromatic heterocycles. The Morgan fingerprint density at radius 2 is 2.20 bits per heavy atom. The molecule has 0 spiro atoms. The second-order valence-electron chi connectivity index (χ2n) is 4.79. The zero-order valence-electron chi connectivity index (χ0n) is 9.87. The molecule has 2 fully saturated rings. The number of rotatable bonds is 7. The van der Waals surface area contributed by atoms with Crippen LogP contribution < -0.4 is 5.32 Å². The summed E-state index contributed by atoms with van der Waals surface area (Å²) in [7, 11) is 0. The van der Waals surface area contributed by atoms with Gasteiger partial charge in [0.25, 0.3) is 0 Å². The van der Waals surface area contributed by atoms with Gasteiger partial charge in [0, 0.05) is 19.1 Å². The lowest BCUT2D eigenvalue weighted by molar-refractivity contribution is 0.275. The van der Waals surface area contributed by atoms with Gasteiger partial charge in [0.15, 0.2) is 0 Å². The second kappa shape index (κ2) is 6.12. The van der Waals surface area contributed by atoms with E-state index in [4.69, 9.17) is 0 Å². The Labute approximate surface area is 98.2 Å². The molecule has 3 heteroatoms. The van der Waals surface area contributed by atoms with Crippen LogP contribution in [0.4, 0.5) is 0 Å². The van der Waals surface area contributed by atoms with Crippen LogP contribution in [0.15, 0.2) is 0 Å². The van der Waals surface area contributed by atoms with E-state index in [-0.39, 0.29) is 0 Å². The van der Waals surface area contributed by atoms with Crippen LogP contribution in [0.2, 0.25) is 0 Å². The SMILES string of the molecule is CCN(CCNCC1CCSC1)C1CC1. The van der Waals surface area contributed by atoms with Crippen LogP contribution in [0.3, 0.4) is 0 Å². The van der Waals surface area contributed by atoms with Gasteiger partial charge < -0.3 is 5.32 Å². The summed E-state index contributed by atoms with van der Waals surface area (Å²) in [5, 5.41) is 3.62. The first kappa shape index (κ1) is 11.7. The Morgan fingerprint density at radius 3 is 2.80 bits per heavy atom. The van der Waals surface area contributed by atoms with Gasteiger partial charge in [-0.05, 0) is 49.8 Å². The first-order chi connectivity index (χ1) is 7.40. The van der Waals surface area contributed by atoms with E-state index >= 15 is 0 Å². The lowest BCUT2D eigenvalue weighted by Crippen LogP contribution is -2.35. The molecule has 15 heavy (non-hydrogen) atoms. The molecule has 0 aromatic carbocycles. The van der Waals surface area contributed by atoms with Gasteiger partial charge in [-0.2, -0.15) is 11.8 Å². The first-order valence-electron chi connectivity index (χ1n) is 6.42. The summed E-state index contributed by atoms with van der Waals surface area (Å²) in [6.07, 6.45) is 4.30. The van der Waals surface area contributed by atoms with Crippen molar-refractivity contribution in [3.05, 3.63) is 0 Å². The Bertz CT molecular complexity index is 176. The van der Waals surface area contributed by atoms with Gasteiger partial charge in [0.1, 0.15) is 0 Å². The van der Waals surface area contributed by atoms with E-state index < -0.39 is 0 Å². The van der Waals surface area contributed by atoms with Crippen LogP contribution in [0.25, 0.3) is 0 Å². The van der Waals surface area contributed by atoms with Crippen molar-refractivity contribution in [3.8, 4) is 0 Å². The van der Waals surface area contributed by atoms with Gasteiger partial charge in [0.05, 0.1) is 0 Å². The Hall–Kier alpha value is 0.270. The summed E-state index contributed by atoms with van der Waals surface area (Å²) in [4.78, 5) is 2.62. The second-order valence-corrected chi connectivity index (χ2v) is 5.94. The molecule has 1 saturated heterocycles. The normalized spacial score (nSPS) is 26.4. The number of likely N-dealkylation sites (N-methyl/N-ethyl adjacent to an activating group) is 1. The summed E-state index contributed by atoms with van der Waals surface area (Å²) in [5.41, 5.74) is 0. The molecule has 1 saturated carbocycles. The number of hydrogen-bond donors (Lipinski definition) is 1. The highest BCUT2D eigenvalue weighted by atomic mass is 32.2.